The SMILES string of the molecule is CC(C)N(C(=O)O/C(=C/F)[Si](C)(C)C)C(C)C. The molecule has 1 amide bonds. The number of amides is 1. The molecular weight excluding hydrogens is 237 g/mol. The predicted molar refractivity (Wildman–Crippen MR) is 71.1 cm³/mol. The molecule has 0 atom stereocenters. The van der Waals surface area contributed by atoms with Crippen molar-refractivity contribution in [3.05, 3.63) is 11.7 Å². The van der Waals surface area contributed by atoms with Crippen LogP contribution in [0.15, 0.2) is 11.7 Å². The minimum atomic E-state index is -1.95. The van der Waals surface area contributed by atoms with Crippen LogP contribution in [0, 0.1) is 0 Å². The van der Waals surface area contributed by atoms with Gasteiger partial charge < -0.3 is 9.64 Å². The molecule has 5 heteroatoms. The Morgan fingerprint density at radius 3 is 1.82 bits per heavy atom. The minimum Gasteiger partial charge on any atom is -0.418 e. The summed E-state index contributed by atoms with van der Waals surface area (Å²) in [5.74, 6) is 0. The molecule has 0 saturated carbocycles. The standard InChI is InChI=1S/C12H24FNO2Si/c1-9(2)14(10(3)4)12(15)16-11(8-13)17(5,6)7/h8-10H,1-7H3/b11-8-. The van der Waals surface area contributed by atoms with Gasteiger partial charge in [-0.15, -0.1) is 0 Å². The Balaban J connectivity index is 4.84. The Kier molecular flexibility index (Phi) is 5.88. The second-order valence-corrected chi connectivity index (χ2v) is 10.7. The van der Waals surface area contributed by atoms with E-state index < -0.39 is 14.2 Å². The van der Waals surface area contributed by atoms with Crippen molar-refractivity contribution in [2.75, 3.05) is 0 Å². The van der Waals surface area contributed by atoms with Gasteiger partial charge in [0.15, 0.2) is 0 Å². The second-order valence-electron chi connectivity index (χ2n) is 5.69. The van der Waals surface area contributed by atoms with Crippen molar-refractivity contribution < 1.29 is 13.9 Å². The Hall–Kier alpha value is -0.843. The summed E-state index contributed by atoms with van der Waals surface area (Å²) in [7, 11) is -1.95. The van der Waals surface area contributed by atoms with Crippen molar-refractivity contribution in [2.45, 2.75) is 59.4 Å². The molecule has 3 nitrogen and oxygen atoms in total. The van der Waals surface area contributed by atoms with Crippen LogP contribution in [-0.4, -0.2) is 31.2 Å². The topological polar surface area (TPSA) is 29.5 Å². The van der Waals surface area contributed by atoms with Crippen LogP contribution in [0.1, 0.15) is 27.7 Å². The number of hydrogen-bond acceptors (Lipinski definition) is 2. The fourth-order valence-electron chi connectivity index (χ4n) is 1.50. The van der Waals surface area contributed by atoms with E-state index in [9.17, 15) is 9.18 Å². The Labute approximate surface area is 105 Å². The highest BCUT2D eigenvalue weighted by Crippen LogP contribution is 2.19. The van der Waals surface area contributed by atoms with Gasteiger partial charge in [-0.1, -0.05) is 19.6 Å². The third-order valence-electron chi connectivity index (χ3n) is 2.36. The Morgan fingerprint density at radius 1 is 1.18 bits per heavy atom. The average Bonchev–Trinajstić information content (AvgIpc) is 2.10. The van der Waals surface area contributed by atoms with E-state index in [1.807, 2.05) is 47.3 Å². The Bertz CT molecular complexity index is 287. The van der Waals surface area contributed by atoms with E-state index in [-0.39, 0.29) is 17.5 Å². The first-order valence-electron chi connectivity index (χ1n) is 5.92. The van der Waals surface area contributed by atoms with E-state index in [0.29, 0.717) is 6.33 Å². The normalized spacial score (nSPS) is 13.2. The molecule has 0 unspecified atom stereocenters. The van der Waals surface area contributed by atoms with Crippen LogP contribution in [-0.2, 0) is 4.74 Å². The van der Waals surface area contributed by atoms with Crippen molar-refractivity contribution in [2.24, 2.45) is 0 Å². The van der Waals surface area contributed by atoms with Crippen LogP contribution in [0.25, 0.3) is 0 Å². The lowest BCUT2D eigenvalue weighted by Gasteiger charge is -2.31. The monoisotopic (exact) mass is 261 g/mol. The fraction of sp³-hybridized carbons (Fsp3) is 0.750. The predicted octanol–water partition coefficient (Wildman–Crippen LogP) is 3.93. The van der Waals surface area contributed by atoms with Crippen LogP contribution < -0.4 is 0 Å². The number of carbonyl (C=O) groups excluding carboxylic acids is 1. The molecule has 0 aromatic carbocycles. The van der Waals surface area contributed by atoms with Gasteiger partial charge in [0, 0.05) is 12.1 Å². The lowest BCUT2D eigenvalue weighted by molar-refractivity contribution is 0.104. The third-order valence-corrected chi connectivity index (χ3v) is 4.05. The maximum Gasteiger partial charge on any atom is 0.415 e. The number of hydrogen-bond donors (Lipinski definition) is 0. The highest BCUT2D eigenvalue weighted by atomic mass is 28.3. The molecule has 0 N–H and O–H groups in total. The van der Waals surface area contributed by atoms with E-state index >= 15 is 0 Å². The van der Waals surface area contributed by atoms with Gasteiger partial charge in [-0.05, 0) is 27.7 Å². The molecule has 100 valence electrons. The second kappa shape index (κ2) is 6.19. The zero-order chi connectivity index (χ0) is 13.8. The van der Waals surface area contributed by atoms with Crippen LogP contribution in [0.5, 0.6) is 0 Å². The first-order valence-corrected chi connectivity index (χ1v) is 9.42. The summed E-state index contributed by atoms with van der Waals surface area (Å²) >= 11 is 0. The number of carbonyl (C=O) groups is 1. The van der Waals surface area contributed by atoms with Crippen LogP contribution in [0.2, 0.25) is 19.6 Å². The zero-order valence-electron chi connectivity index (χ0n) is 11.9. The smallest absolute Gasteiger partial charge is 0.415 e. The summed E-state index contributed by atoms with van der Waals surface area (Å²) in [5, 5.41) is 0.189. The van der Waals surface area contributed by atoms with E-state index in [2.05, 4.69) is 0 Å². The van der Waals surface area contributed by atoms with E-state index in [0.717, 1.165) is 0 Å². The molecule has 0 aliphatic carbocycles. The maximum atomic E-state index is 12.8. The number of halogens is 1. The van der Waals surface area contributed by atoms with Gasteiger partial charge in [0.05, 0.1) is 0 Å². The molecule has 0 rings (SSSR count). The van der Waals surface area contributed by atoms with Crippen LogP contribution in [0.3, 0.4) is 0 Å². The molecule has 0 fully saturated rings. The summed E-state index contributed by atoms with van der Waals surface area (Å²) in [6.07, 6.45) is -0.0514. The van der Waals surface area contributed by atoms with Crippen molar-refractivity contribution in [3.8, 4) is 0 Å². The molecule has 0 aromatic heterocycles. The van der Waals surface area contributed by atoms with Gasteiger partial charge in [0.2, 0.25) is 0 Å². The molecule has 0 spiro atoms. The van der Waals surface area contributed by atoms with Gasteiger partial charge >= 0.3 is 6.09 Å². The molecule has 0 saturated heterocycles. The average molecular weight is 261 g/mol. The molecule has 0 radical (unpaired) electrons. The molecule has 17 heavy (non-hydrogen) atoms. The lowest BCUT2D eigenvalue weighted by atomic mass is 10.2. The summed E-state index contributed by atoms with van der Waals surface area (Å²) in [5.41, 5.74) is 0. The van der Waals surface area contributed by atoms with Gasteiger partial charge in [-0.25, -0.2) is 9.18 Å². The van der Waals surface area contributed by atoms with Crippen molar-refractivity contribution >= 4 is 14.2 Å². The van der Waals surface area contributed by atoms with Crippen LogP contribution in [0.4, 0.5) is 9.18 Å². The summed E-state index contributed by atoms with van der Waals surface area (Å²) in [6.45, 7) is 13.4. The quantitative estimate of drug-likeness (QED) is 0.567. The van der Waals surface area contributed by atoms with Crippen molar-refractivity contribution in [3.63, 3.8) is 0 Å². The van der Waals surface area contributed by atoms with E-state index in [1.165, 1.54) is 0 Å². The largest absolute Gasteiger partial charge is 0.418 e. The molecule has 0 heterocycles. The fourth-order valence-corrected chi connectivity index (χ4v) is 2.22. The number of nitrogens with zero attached hydrogens (tertiary/aromatic N) is 1. The summed E-state index contributed by atoms with van der Waals surface area (Å²) < 4.78 is 17.9. The molecule has 0 aliphatic heterocycles. The van der Waals surface area contributed by atoms with E-state index in [1.54, 1.807) is 4.90 Å². The highest BCUT2D eigenvalue weighted by molar-refractivity contribution is 6.82. The highest BCUT2D eigenvalue weighted by Gasteiger charge is 2.28. The maximum absolute atomic E-state index is 12.8. The molecule has 0 aliphatic rings. The summed E-state index contributed by atoms with van der Waals surface area (Å²) in [6, 6.07) is 0.0648. The summed E-state index contributed by atoms with van der Waals surface area (Å²) in [4.78, 5) is 13.6. The number of ether oxygens (including phenoxy) is 1. The third kappa shape index (κ3) is 4.89. The Morgan fingerprint density at radius 2 is 1.59 bits per heavy atom. The number of rotatable bonds is 4. The first kappa shape index (κ1) is 16.2. The van der Waals surface area contributed by atoms with Crippen molar-refractivity contribution in [1.82, 2.24) is 4.90 Å². The molecule has 0 bridgehead atoms. The zero-order valence-corrected chi connectivity index (χ0v) is 12.9. The van der Waals surface area contributed by atoms with Gasteiger partial charge in [-0.2, -0.15) is 0 Å². The molecule has 0 aromatic rings. The first-order chi connectivity index (χ1) is 7.61. The van der Waals surface area contributed by atoms with Gasteiger partial charge in [-0.3, -0.25) is 0 Å². The minimum absolute atomic E-state index is 0.0324. The lowest BCUT2D eigenvalue weighted by Crippen LogP contribution is -2.43. The molecular formula is C12H24FNO2Si. The van der Waals surface area contributed by atoms with Crippen LogP contribution >= 0.6 is 0 Å². The van der Waals surface area contributed by atoms with Gasteiger partial charge in [0.1, 0.15) is 19.8 Å². The van der Waals surface area contributed by atoms with E-state index in [4.69, 9.17) is 4.74 Å². The van der Waals surface area contributed by atoms with Crippen molar-refractivity contribution in [1.29, 1.82) is 0 Å². The van der Waals surface area contributed by atoms with Gasteiger partial charge in [0.25, 0.3) is 0 Å².